The van der Waals surface area contributed by atoms with Gasteiger partial charge in [0.05, 0.1) is 12.0 Å². The molecular formula is C31H31N5OS. The van der Waals surface area contributed by atoms with Gasteiger partial charge in [0.15, 0.2) is 11.0 Å². The molecule has 0 radical (unpaired) electrons. The largest absolute Gasteiger partial charge is 0.302 e. The van der Waals surface area contributed by atoms with Gasteiger partial charge < -0.3 is 4.57 Å². The van der Waals surface area contributed by atoms with E-state index in [0.717, 1.165) is 38.5 Å². The number of hydrogen-bond donors (Lipinski definition) is 1. The summed E-state index contributed by atoms with van der Waals surface area (Å²) < 4.78 is 2.04. The van der Waals surface area contributed by atoms with Crippen molar-refractivity contribution in [1.82, 2.24) is 20.2 Å². The van der Waals surface area contributed by atoms with E-state index in [1.54, 1.807) is 6.21 Å². The lowest BCUT2D eigenvalue weighted by Crippen LogP contribution is -2.20. The SMILES string of the molecule is CCn1c(SCC(=O)N/N=C/c2c3ccccc3cc3ccccc23)nnc1-c1ccc(C(C)(C)C)cc1. The van der Waals surface area contributed by atoms with Gasteiger partial charge in [-0.15, -0.1) is 10.2 Å². The Morgan fingerprint density at radius 2 is 1.58 bits per heavy atom. The summed E-state index contributed by atoms with van der Waals surface area (Å²) in [4.78, 5) is 12.6. The van der Waals surface area contributed by atoms with Crippen LogP contribution < -0.4 is 5.43 Å². The second kappa shape index (κ2) is 10.8. The van der Waals surface area contributed by atoms with Crippen LogP contribution in [0.5, 0.6) is 0 Å². The third-order valence-corrected chi connectivity index (χ3v) is 7.54. The molecule has 38 heavy (non-hydrogen) atoms. The molecule has 0 bridgehead atoms. The highest BCUT2D eigenvalue weighted by Crippen LogP contribution is 2.29. The first-order valence-electron chi connectivity index (χ1n) is 12.7. The van der Waals surface area contributed by atoms with Gasteiger partial charge >= 0.3 is 0 Å². The molecule has 1 amide bonds. The zero-order valence-electron chi connectivity index (χ0n) is 22.1. The monoisotopic (exact) mass is 521 g/mol. The molecule has 0 saturated heterocycles. The Kier molecular flexibility index (Phi) is 7.29. The first-order chi connectivity index (χ1) is 18.3. The van der Waals surface area contributed by atoms with Crippen LogP contribution in [0.2, 0.25) is 0 Å². The van der Waals surface area contributed by atoms with Crippen LogP contribution in [0, 0.1) is 0 Å². The number of fused-ring (bicyclic) bond motifs is 2. The molecule has 7 heteroatoms. The maximum Gasteiger partial charge on any atom is 0.250 e. The van der Waals surface area contributed by atoms with Crippen molar-refractivity contribution in [2.45, 2.75) is 44.8 Å². The molecule has 4 aromatic carbocycles. The van der Waals surface area contributed by atoms with Crippen LogP contribution in [-0.4, -0.2) is 32.6 Å². The fourth-order valence-corrected chi connectivity index (χ4v) is 5.33. The maximum atomic E-state index is 12.6. The minimum atomic E-state index is -0.197. The third-order valence-electron chi connectivity index (χ3n) is 6.57. The number of carbonyl (C=O) groups is 1. The van der Waals surface area contributed by atoms with Crippen molar-refractivity contribution < 1.29 is 4.79 Å². The van der Waals surface area contributed by atoms with Gasteiger partial charge in [0.1, 0.15) is 0 Å². The topological polar surface area (TPSA) is 72.2 Å². The van der Waals surface area contributed by atoms with Crippen molar-refractivity contribution in [2.24, 2.45) is 5.10 Å². The molecule has 0 fully saturated rings. The van der Waals surface area contributed by atoms with Crippen LogP contribution in [0.4, 0.5) is 0 Å². The van der Waals surface area contributed by atoms with Gasteiger partial charge in [0.25, 0.3) is 5.91 Å². The molecule has 0 saturated carbocycles. The Morgan fingerprint density at radius 1 is 0.947 bits per heavy atom. The van der Waals surface area contributed by atoms with E-state index in [9.17, 15) is 4.79 Å². The molecule has 1 aromatic heterocycles. The van der Waals surface area contributed by atoms with Crippen molar-refractivity contribution in [1.29, 1.82) is 0 Å². The average Bonchev–Trinajstić information content (AvgIpc) is 3.34. The van der Waals surface area contributed by atoms with E-state index < -0.39 is 0 Å². The summed E-state index contributed by atoms with van der Waals surface area (Å²) in [5.74, 6) is 0.795. The van der Waals surface area contributed by atoms with Gasteiger partial charge in [-0.25, -0.2) is 5.43 Å². The summed E-state index contributed by atoms with van der Waals surface area (Å²) in [6.07, 6.45) is 1.74. The molecule has 5 aromatic rings. The lowest BCUT2D eigenvalue weighted by molar-refractivity contribution is -0.118. The van der Waals surface area contributed by atoms with Gasteiger partial charge in [-0.1, -0.05) is 105 Å². The van der Waals surface area contributed by atoms with Crippen LogP contribution >= 0.6 is 11.8 Å². The average molecular weight is 522 g/mol. The van der Waals surface area contributed by atoms with Gasteiger partial charge in [0, 0.05) is 17.7 Å². The minimum absolute atomic E-state index is 0.0918. The van der Waals surface area contributed by atoms with Crippen molar-refractivity contribution in [3.05, 3.63) is 90.0 Å². The molecular weight excluding hydrogens is 490 g/mol. The van der Waals surface area contributed by atoms with E-state index in [4.69, 9.17) is 0 Å². The van der Waals surface area contributed by atoms with Crippen LogP contribution in [-0.2, 0) is 16.8 Å². The maximum absolute atomic E-state index is 12.6. The Labute approximate surface area is 227 Å². The summed E-state index contributed by atoms with van der Waals surface area (Å²) >= 11 is 1.36. The highest BCUT2D eigenvalue weighted by atomic mass is 32.2. The Hall–Kier alpha value is -3.97. The van der Waals surface area contributed by atoms with Gasteiger partial charge in [-0.05, 0) is 45.5 Å². The van der Waals surface area contributed by atoms with E-state index in [1.807, 2.05) is 28.8 Å². The first-order valence-corrected chi connectivity index (χ1v) is 13.7. The number of hydrogen-bond acceptors (Lipinski definition) is 5. The quantitative estimate of drug-likeness (QED) is 0.110. The van der Waals surface area contributed by atoms with E-state index in [2.05, 4.69) is 103 Å². The molecule has 192 valence electrons. The van der Waals surface area contributed by atoms with Crippen molar-refractivity contribution in [3.63, 3.8) is 0 Å². The van der Waals surface area contributed by atoms with Crippen molar-refractivity contribution in [3.8, 4) is 11.4 Å². The molecule has 0 spiro atoms. The highest BCUT2D eigenvalue weighted by Gasteiger charge is 2.17. The third kappa shape index (κ3) is 5.34. The van der Waals surface area contributed by atoms with E-state index in [-0.39, 0.29) is 17.1 Å². The smallest absolute Gasteiger partial charge is 0.250 e. The predicted octanol–water partition coefficient (Wildman–Crippen LogP) is 6.81. The number of carbonyl (C=O) groups excluding carboxylic acids is 1. The van der Waals surface area contributed by atoms with Crippen LogP contribution in [0.1, 0.15) is 38.8 Å². The van der Waals surface area contributed by atoms with Crippen LogP contribution in [0.3, 0.4) is 0 Å². The molecule has 0 atom stereocenters. The fraction of sp³-hybridized carbons (Fsp3) is 0.226. The molecule has 0 aliphatic heterocycles. The van der Waals surface area contributed by atoms with E-state index in [1.165, 1.54) is 17.3 Å². The molecule has 0 aliphatic carbocycles. The summed E-state index contributed by atoms with van der Waals surface area (Å²) in [6.45, 7) is 9.36. The number of nitrogens with one attached hydrogen (secondary N) is 1. The summed E-state index contributed by atoms with van der Waals surface area (Å²) in [7, 11) is 0. The Bertz CT molecular complexity index is 1580. The lowest BCUT2D eigenvalue weighted by atomic mass is 9.87. The van der Waals surface area contributed by atoms with E-state index >= 15 is 0 Å². The molecule has 6 nitrogen and oxygen atoms in total. The molecule has 1 heterocycles. The number of rotatable bonds is 7. The lowest BCUT2D eigenvalue weighted by Gasteiger charge is -2.19. The minimum Gasteiger partial charge on any atom is -0.302 e. The number of nitrogens with zero attached hydrogens (tertiary/aromatic N) is 4. The van der Waals surface area contributed by atoms with E-state index in [0.29, 0.717) is 11.7 Å². The zero-order chi connectivity index (χ0) is 26.7. The summed E-state index contributed by atoms with van der Waals surface area (Å²) in [6, 6.07) is 27.0. The van der Waals surface area contributed by atoms with Crippen LogP contribution in [0.15, 0.2) is 89.1 Å². The van der Waals surface area contributed by atoms with Crippen molar-refractivity contribution in [2.75, 3.05) is 5.75 Å². The molecule has 0 aliphatic rings. The standard InChI is InChI=1S/C31H31N5OS/c1-5-36-29(21-14-16-24(17-15-21)31(2,3)4)34-35-30(36)38-20-28(37)33-32-19-27-25-12-8-6-10-22(25)18-23-11-7-9-13-26(23)27/h6-19H,5,20H2,1-4H3,(H,33,37)/b32-19+. The normalized spacial score (nSPS) is 12.0. The fourth-order valence-electron chi connectivity index (χ4n) is 4.53. The molecule has 0 unspecified atom stereocenters. The van der Waals surface area contributed by atoms with Crippen LogP contribution in [0.25, 0.3) is 32.9 Å². The van der Waals surface area contributed by atoms with Crippen molar-refractivity contribution >= 4 is 45.4 Å². The number of thioether (sulfide) groups is 1. The van der Waals surface area contributed by atoms with Gasteiger partial charge in [0.2, 0.25) is 0 Å². The second-order valence-corrected chi connectivity index (χ2v) is 11.1. The van der Waals surface area contributed by atoms with Gasteiger partial charge in [-0.3, -0.25) is 4.79 Å². The number of hydrazone groups is 1. The number of benzene rings is 4. The Morgan fingerprint density at radius 3 is 2.18 bits per heavy atom. The first kappa shape index (κ1) is 25.7. The zero-order valence-corrected chi connectivity index (χ0v) is 22.9. The molecule has 1 N–H and O–H groups in total. The number of amides is 1. The predicted molar refractivity (Wildman–Crippen MR) is 158 cm³/mol. The number of aromatic nitrogens is 3. The highest BCUT2D eigenvalue weighted by molar-refractivity contribution is 7.99. The summed E-state index contributed by atoms with van der Waals surface area (Å²) in [5.41, 5.74) is 6.04. The second-order valence-electron chi connectivity index (χ2n) is 10.2. The van der Waals surface area contributed by atoms with Gasteiger partial charge in [-0.2, -0.15) is 5.10 Å². The summed E-state index contributed by atoms with van der Waals surface area (Å²) in [5, 5.41) is 18.2. The Balaban J connectivity index is 1.28. The molecule has 5 rings (SSSR count).